The second kappa shape index (κ2) is 6.08. The summed E-state index contributed by atoms with van der Waals surface area (Å²) in [4.78, 5) is 11.4. The molecule has 0 unspecified atom stereocenters. The minimum atomic E-state index is -0.593. The summed E-state index contributed by atoms with van der Waals surface area (Å²) in [5.74, 6) is 0.214. The van der Waals surface area contributed by atoms with E-state index in [1.807, 2.05) is 12.1 Å². The second-order valence-electron chi connectivity index (χ2n) is 4.31. The van der Waals surface area contributed by atoms with E-state index in [-0.39, 0.29) is 17.9 Å². The molecule has 0 saturated heterocycles. The smallest absolute Gasteiger partial charge is 0.252 e. The van der Waals surface area contributed by atoms with Gasteiger partial charge >= 0.3 is 0 Å². The number of benzene rings is 2. The number of aliphatic hydroxyl groups is 1. The Bertz CT molecular complexity index is 609. The molecule has 0 saturated carbocycles. The number of amides is 1. The van der Waals surface area contributed by atoms with Gasteiger partial charge in [-0.15, -0.1) is 0 Å². The van der Waals surface area contributed by atoms with Crippen molar-refractivity contribution in [3.8, 4) is 11.5 Å². The summed E-state index contributed by atoms with van der Waals surface area (Å²) in [6.45, 7) is 0.0949. The van der Waals surface area contributed by atoms with Crippen LogP contribution in [0.25, 0.3) is 0 Å². The highest BCUT2D eigenvalue weighted by Crippen LogP contribution is 2.31. The number of primary amides is 1. The third-order valence-electron chi connectivity index (χ3n) is 2.85. The van der Waals surface area contributed by atoms with E-state index in [9.17, 15) is 4.79 Å². The molecule has 1 amide bonds. The maximum Gasteiger partial charge on any atom is 0.252 e. The highest BCUT2D eigenvalue weighted by Gasteiger charge is 2.13. The van der Waals surface area contributed by atoms with Gasteiger partial charge in [-0.25, -0.2) is 0 Å². The Morgan fingerprint density at radius 1 is 1.15 bits per heavy atom. The fraction of sp³-hybridized carbons (Fsp3) is 0.133. The Morgan fingerprint density at radius 2 is 1.85 bits per heavy atom. The first kappa shape index (κ1) is 13.9. The number of carbonyl (C=O) groups excluding carboxylic acids is 1. The molecule has 0 aromatic heterocycles. The lowest BCUT2D eigenvalue weighted by Gasteiger charge is -2.12. The normalized spacial score (nSPS) is 10.2. The Morgan fingerprint density at radius 3 is 2.45 bits per heavy atom. The van der Waals surface area contributed by atoms with Crippen molar-refractivity contribution in [2.45, 2.75) is 6.42 Å². The molecule has 5 N–H and O–H groups in total. The molecule has 104 valence electrons. The predicted molar refractivity (Wildman–Crippen MR) is 76.7 cm³/mol. The first-order chi connectivity index (χ1) is 9.61. The molecule has 2 aromatic rings. The zero-order valence-electron chi connectivity index (χ0n) is 10.9. The van der Waals surface area contributed by atoms with Crippen LogP contribution in [-0.2, 0) is 6.42 Å². The fourth-order valence-corrected chi connectivity index (χ4v) is 1.83. The van der Waals surface area contributed by atoms with Gasteiger partial charge in [0, 0.05) is 6.61 Å². The lowest BCUT2D eigenvalue weighted by molar-refractivity contribution is 0.0998. The number of ether oxygens (including phenoxy) is 1. The molecule has 0 spiro atoms. The average Bonchev–Trinajstić information content (AvgIpc) is 2.43. The molecule has 5 nitrogen and oxygen atoms in total. The minimum Gasteiger partial charge on any atom is -0.454 e. The predicted octanol–water partition coefficient (Wildman–Crippen LogP) is 1.69. The summed E-state index contributed by atoms with van der Waals surface area (Å²) in [6.07, 6.45) is 0.584. The van der Waals surface area contributed by atoms with Crippen molar-refractivity contribution in [2.75, 3.05) is 12.3 Å². The molecule has 0 aliphatic heterocycles. The van der Waals surface area contributed by atoms with Gasteiger partial charge in [0.15, 0.2) is 5.75 Å². The third kappa shape index (κ3) is 3.07. The van der Waals surface area contributed by atoms with Crippen LogP contribution in [-0.4, -0.2) is 17.6 Å². The van der Waals surface area contributed by atoms with Crippen molar-refractivity contribution in [1.29, 1.82) is 0 Å². The first-order valence-corrected chi connectivity index (χ1v) is 6.17. The quantitative estimate of drug-likeness (QED) is 0.721. The van der Waals surface area contributed by atoms with E-state index in [2.05, 4.69) is 0 Å². The topological polar surface area (TPSA) is 98.6 Å². The van der Waals surface area contributed by atoms with Crippen LogP contribution in [0.5, 0.6) is 11.5 Å². The van der Waals surface area contributed by atoms with E-state index in [4.69, 9.17) is 21.3 Å². The van der Waals surface area contributed by atoms with Crippen LogP contribution in [0.2, 0.25) is 0 Å². The Hall–Kier alpha value is -2.53. The van der Waals surface area contributed by atoms with Crippen molar-refractivity contribution in [3.05, 3.63) is 53.6 Å². The molecular formula is C15H16N2O3. The number of hydrogen-bond acceptors (Lipinski definition) is 4. The van der Waals surface area contributed by atoms with Gasteiger partial charge in [0.25, 0.3) is 5.91 Å². The maximum atomic E-state index is 11.4. The fourth-order valence-electron chi connectivity index (χ4n) is 1.83. The van der Waals surface area contributed by atoms with Crippen LogP contribution < -0.4 is 16.2 Å². The van der Waals surface area contributed by atoms with Gasteiger partial charge < -0.3 is 21.3 Å². The number of carbonyl (C=O) groups is 1. The third-order valence-corrected chi connectivity index (χ3v) is 2.85. The molecule has 0 aliphatic rings. The lowest BCUT2D eigenvalue weighted by Crippen LogP contribution is -2.13. The van der Waals surface area contributed by atoms with Crippen LogP contribution in [0.4, 0.5) is 5.69 Å². The van der Waals surface area contributed by atoms with Gasteiger partial charge in [-0.1, -0.05) is 18.2 Å². The molecule has 0 fully saturated rings. The summed E-state index contributed by atoms with van der Waals surface area (Å²) >= 11 is 0. The Balaban J connectivity index is 2.27. The van der Waals surface area contributed by atoms with E-state index in [1.165, 1.54) is 0 Å². The maximum absolute atomic E-state index is 11.4. The molecule has 2 aromatic carbocycles. The SMILES string of the molecule is NC(=O)c1cccc(N)c1Oc1ccc(CCO)cc1. The molecule has 0 radical (unpaired) electrons. The van der Waals surface area contributed by atoms with Gasteiger partial charge in [-0.3, -0.25) is 4.79 Å². The largest absolute Gasteiger partial charge is 0.454 e. The number of para-hydroxylation sites is 1. The molecule has 5 heteroatoms. The van der Waals surface area contributed by atoms with Crippen LogP contribution in [0.15, 0.2) is 42.5 Å². The summed E-state index contributed by atoms with van der Waals surface area (Å²) in [5, 5.41) is 8.86. The average molecular weight is 272 g/mol. The highest BCUT2D eigenvalue weighted by atomic mass is 16.5. The van der Waals surface area contributed by atoms with Crippen LogP contribution in [0.3, 0.4) is 0 Å². The van der Waals surface area contributed by atoms with E-state index in [1.54, 1.807) is 30.3 Å². The van der Waals surface area contributed by atoms with Gasteiger partial charge in [-0.05, 0) is 36.2 Å². The van der Waals surface area contributed by atoms with E-state index >= 15 is 0 Å². The number of hydrogen-bond donors (Lipinski definition) is 3. The van der Waals surface area contributed by atoms with Gasteiger partial charge in [0.1, 0.15) is 5.75 Å². The molecule has 0 atom stereocenters. The van der Waals surface area contributed by atoms with E-state index in [0.717, 1.165) is 5.56 Å². The number of anilines is 1. The van der Waals surface area contributed by atoms with Crippen LogP contribution in [0, 0.1) is 0 Å². The molecule has 2 rings (SSSR count). The summed E-state index contributed by atoms with van der Waals surface area (Å²) in [7, 11) is 0. The first-order valence-electron chi connectivity index (χ1n) is 6.17. The van der Waals surface area contributed by atoms with Crippen molar-refractivity contribution < 1.29 is 14.6 Å². The second-order valence-corrected chi connectivity index (χ2v) is 4.31. The Kier molecular flexibility index (Phi) is 4.22. The highest BCUT2D eigenvalue weighted by molar-refractivity contribution is 5.97. The van der Waals surface area contributed by atoms with Crippen molar-refractivity contribution in [3.63, 3.8) is 0 Å². The van der Waals surface area contributed by atoms with Gasteiger partial charge in [0.2, 0.25) is 0 Å². The van der Waals surface area contributed by atoms with Crippen molar-refractivity contribution >= 4 is 11.6 Å². The summed E-state index contributed by atoms with van der Waals surface area (Å²) < 4.78 is 5.65. The van der Waals surface area contributed by atoms with Crippen LogP contribution in [0.1, 0.15) is 15.9 Å². The number of nitrogen functional groups attached to an aromatic ring is 1. The van der Waals surface area contributed by atoms with Crippen molar-refractivity contribution in [1.82, 2.24) is 0 Å². The van der Waals surface area contributed by atoms with Crippen LogP contribution >= 0.6 is 0 Å². The van der Waals surface area contributed by atoms with Gasteiger partial charge in [-0.2, -0.15) is 0 Å². The Labute approximate surface area is 116 Å². The zero-order valence-corrected chi connectivity index (χ0v) is 10.9. The zero-order chi connectivity index (χ0) is 14.5. The number of rotatable bonds is 5. The van der Waals surface area contributed by atoms with Gasteiger partial charge in [0.05, 0.1) is 11.3 Å². The molecule has 0 heterocycles. The molecule has 20 heavy (non-hydrogen) atoms. The molecule has 0 aliphatic carbocycles. The molecular weight excluding hydrogens is 256 g/mol. The standard InChI is InChI=1S/C15H16N2O3/c16-13-3-1-2-12(15(17)19)14(13)20-11-6-4-10(5-7-11)8-9-18/h1-7,18H,8-9,16H2,(H2,17,19). The monoisotopic (exact) mass is 272 g/mol. The number of aliphatic hydroxyl groups excluding tert-OH is 1. The van der Waals surface area contributed by atoms with Crippen molar-refractivity contribution in [2.24, 2.45) is 5.73 Å². The molecule has 0 bridgehead atoms. The minimum absolute atomic E-state index is 0.0949. The number of nitrogens with two attached hydrogens (primary N) is 2. The summed E-state index contributed by atoms with van der Waals surface area (Å²) in [6, 6.07) is 12.0. The van der Waals surface area contributed by atoms with E-state index in [0.29, 0.717) is 17.9 Å². The lowest BCUT2D eigenvalue weighted by atomic mass is 10.1. The van der Waals surface area contributed by atoms with E-state index < -0.39 is 5.91 Å². The summed E-state index contributed by atoms with van der Waals surface area (Å²) in [5.41, 5.74) is 12.7.